The standard InChI is InChI=1S/C11H16N2O4S/c1-17-8-7-12-11(14)13-9-5-3-4-6-10(9)18(2,15)16/h3-6H,7-8H2,1-2H3,(H2,12,13,14). The van der Waals surface area contributed by atoms with E-state index in [9.17, 15) is 13.2 Å². The summed E-state index contributed by atoms with van der Waals surface area (Å²) in [5.41, 5.74) is 0.259. The molecule has 100 valence electrons. The number of benzene rings is 1. The number of carbonyl (C=O) groups excluding carboxylic acids is 1. The molecular weight excluding hydrogens is 256 g/mol. The van der Waals surface area contributed by atoms with Crippen molar-refractivity contribution >= 4 is 21.6 Å². The van der Waals surface area contributed by atoms with Gasteiger partial charge in [-0.1, -0.05) is 12.1 Å². The number of carbonyl (C=O) groups is 1. The van der Waals surface area contributed by atoms with Crippen LogP contribution in [0.25, 0.3) is 0 Å². The van der Waals surface area contributed by atoms with Gasteiger partial charge in [0.15, 0.2) is 9.84 Å². The van der Waals surface area contributed by atoms with Gasteiger partial charge in [-0.2, -0.15) is 0 Å². The molecule has 0 aromatic heterocycles. The summed E-state index contributed by atoms with van der Waals surface area (Å²) in [5, 5.41) is 5.03. The Balaban J connectivity index is 2.76. The number of hydrogen-bond acceptors (Lipinski definition) is 4. The van der Waals surface area contributed by atoms with Gasteiger partial charge in [0.1, 0.15) is 0 Å². The van der Waals surface area contributed by atoms with Crippen LogP contribution in [0.1, 0.15) is 0 Å². The molecular formula is C11H16N2O4S. The van der Waals surface area contributed by atoms with Crippen molar-refractivity contribution in [2.24, 2.45) is 0 Å². The lowest BCUT2D eigenvalue weighted by molar-refractivity contribution is 0.198. The van der Waals surface area contributed by atoms with Crippen molar-refractivity contribution in [2.45, 2.75) is 4.90 Å². The highest BCUT2D eigenvalue weighted by atomic mass is 32.2. The van der Waals surface area contributed by atoms with Crippen LogP contribution >= 0.6 is 0 Å². The van der Waals surface area contributed by atoms with E-state index in [-0.39, 0.29) is 10.6 Å². The first-order valence-corrected chi connectivity index (χ1v) is 7.17. The van der Waals surface area contributed by atoms with Gasteiger partial charge in [0.05, 0.1) is 17.2 Å². The molecule has 0 bridgehead atoms. The first-order chi connectivity index (χ1) is 8.45. The Morgan fingerprint density at radius 1 is 1.33 bits per heavy atom. The molecule has 0 radical (unpaired) electrons. The molecule has 0 aliphatic heterocycles. The molecule has 0 saturated heterocycles. The monoisotopic (exact) mass is 272 g/mol. The highest BCUT2D eigenvalue weighted by molar-refractivity contribution is 7.90. The van der Waals surface area contributed by atoms with Gasteiger partial charge in [-0.05, 0) is 12.1 Å². The number of sulfone groups is 1. The molecule has 1 rings (SSSR count). The van der Waals surface area contributed by atoms with E-state index < -0.39 is 15.9 Å². The number of rotatable bonds is 5. The van der Waals surface area contributed by atoms with Crippen molar-refractivity contribution in [3.05, 3.63) is 24.3 Å². The maximum Gasteiger partial charge on any atom is 0.319 e. The lowest BCUT2D eigenvalue weighted by Gasteiger charge is -2.10. The van der Waals surface area contributed by atoms with Crippen molar-refractivity contribution in [1.82, 2.24) is 5.32 Å². The molecule has 2 N–H and O–H groups in total. The molecule has 1 aromatic carbocycles. The predicted octanol–water partition coefficient (Wildman–Crippen LogP) is 0.858. The molecule has 0 heterocycles. The van der Waals surface area contributed by atoms with Crippen molar-refractivity contribution in [3.8, 4) is 0 Å². The fourth-order valence-electron chi connectivity index (χ4n) is 1.33. The van der Waals surface area contributed by atoms with Gasteiger partial charge in [0, 0.05) is 19.9 Å². The highest BCUT2D eigenvalue weighted by Gasteiger charge is 2.13. The molecule has 0 aliphatic rings. The summed E-state index contributed by atoms with van der Waals surface area (Å²) in [7, 11) is -1.85. The third-order valence-electron chi connectivity index (χ3n) is 2.13. The summed E-state index contributed by atoms with van der Waals surface area (Å²) in [6.45, 7) is 0.741. The summed E-state index contributed by atoms with van der Waals surface area (Å²) >= 11 is 0. The van der Waals surface area contributed by atoms with E-state index >= 15 is 0 Å². The van der Waals surface area contributed by atoms with Crippen LogP contribution in [-0.4, -0.2) is 41.0 Å². The van der Waals surface area contributed by atoms with Crippen LogP contribution in [0.15, 0.2) is 29.2 Å². The van der Waals surface area contributed by atoms with Gasteiger partial charge in [-0.3, -0.25) is 0 Å². The van der Waals surface area contributed by atoms with E-state index in [2.05, 4.69) is 10.6 Å². The number of urea groups is 1. The Labute approximate surface area is 106 Å². The van der Waals surface area contributed by atoms with Crippen LogP contribution in [0.3, 0.4) is 0 Å². The van der Waals surface area contributed by atoms with Gasteiger partial charge in [-0.25, -0.2) is 13.2 Å². The van der Waals surface area contributed by atoms with Crippen LogP contribution in [0, 0.1) is 0 Å². The first kappa shape index (κ1) is 14.5. The Morgan fingerprint density at radius 2 is 2.00 bits per heavy atom. The van der Waals surface area contributed by atoms with E-state index in [1.165, 1.54) is 19.2 Å². The molecule has 7 heteroatoms. The molecule has 0 atom stereocenters. The van der Waals surface area contributed by atoms with E-state index in [1.807, 2.05) is 0 Å². The minimum Gasteiger partial charge on any atom is -0.383 e. The zero-order valence-corrected chi connectivity index (χ0v) is 11.1. The molecule has 0 saturated carbocycles. The fraction of sp³-hybridized carbons (Fsp3) is 0.364. The van der Waals surface area contributed by atoms with E-state index in [1.54, 1.807) is 12.1 Å². The smallest absolute Gasteiger partial charge is 0.319 e. The van der Waals surface area contributed by atoms with Crippen LogP contribution in [0.2, 0.25) is 0 Å². The maximum absolute atomic E-state index is 11.5. The number of hydrogen-bond donors (Lipinski definition) is 2. The largest absolute Gasteiger partial charge is 0.383 e. The second kappa shape index (κ2) is 6.36. The number of ether oxygens (including phenoxy) is 1. The van der Waals surface area contributed by atoms with Gasteiger partial charge >= 0.3 is 6.03 Å². The average molecular weight is 272 g/mol. The number of nitrogens with one attached hydrogen (secondary N) is 2. The quantitative estimate of drug-likeness (QED) is 0.779. The number of anilines is 1. The van der Waals surface area contributed by atoms with Crippen LogP contribution in [0.4, 0.5) is 10.5 Å². The normalized spacial score (nSPS) is 11.0. The molecule has 0 fully saturated rings. The minimum absolute atomic E-state index is 0.0897. The molecule has 1 aromatic rings. The Kier molecular flexibility index (Phi) is 5.11. The Hall–Kier alpha value is -1.60. The summed E-state index contributed by atoms with van der Waals surface area (Å²) < 4.78 is 27.8. The number of methoxy groups -OCH3 is 1. The van der Waals surface area contributed by atoms with E-state index in [0.717, 1.165) is 6.26 Å². The summed E-state index contributed by atoms with van der Waals surface area (Å²) in [6, 6.07) is 5.76. The molecule has 2 amide bonds. The zero-order valence-electron chi connectivity index (χ0n) is 10.3. The van der Waals surface area contributed by atoms with Crippen molar-refractivity contribution in [2.75, 3.05) is 31.8 Å². The van der Waals surface area contributed by atoms with Gasteiger partial charge in [0.25, 0.3) is 0 Å². The number of amides is 2. The molecule has 0 spiro atoms. The summed E-state index contributed by atoms with van der Waals surface area (Å²) in [4.78, 5) is 11.6. The third-order valence-corrected chi connectivity index (χ3v) is 3.28. The summed E-state index contributed by atoms with van der Waals surface area (Å²) in [5.74, 6) is 0. The van der Waals surface area contributed by atoms with Crippen molar-refractivity contribution < 1.29 is 17.9 Å². The van der Waals surface area contributed by atoms with Crippen LogP contribution in [-0.2, 0) is 14.6 Å². The van der Waals surface area contributed by atoms with Crippen LogP contribution < -0.4 is 10.6 Å². The SMILES string of the molecule is COCCNC(=O)Nc1ccccc1S(C)(=O)=O. The van der Waals surface area contributed by atoms with Gasteiger partial charge < -0.3 is 15.4 Å². The van der Waals surface area contributed by atoms with E-state index in [4.69, 9.17) is 4.74 Å². The molecule has 18 heavy (non-hydrogen) atoms. The van der Waals surface area contributed by atoms with Gasteiger partial charge in [0.2, 0.25) is 0 Å². The Bertz CT molecular complexity index is 514. The van der Waals surface area contributed by atoms with Crippen LogP contribution in [0.5, 0.6) is 0 Å². The van der Waals surface area contributed by atoms with Crippen molar-refractivity contribution in [3.63, 3.8) is 0 Å². The molecule has 6 nitrogen and oxygen atoms in total. The van der Waals surface area contributed by atoms with Crippen molar-refractivity contribution in [1.29, 1.82) is 0 Å². The average Bonchev–Trinajstić information content (AvgIpc) is 2.28. The molecule has 0 unspecified atom stereocenters. The maximum atomic E-state index is 11.5. The van der Waals surface area contributed by atoms with Gasteiger partial charge in [-0.15, -0.1) is 0 Å². The second-order valence-electron chi connectivity index (χ2n) is 3.64. The number of para-hydroxylation sites is 1. The second-order valence-corrected chi connectivity index (χ2v) is 5.63. The lowest BCUT2D eigenvalue weighted by Crippen LogP contribution is -2.31. The Morgan fingerprint density at radius 3 is 2.61 bits per heavy atom. The third kappa shape index (κ3) is 4.34. The van der Waals surface area contributed by atoms with E-state index in [0.29, 0.717) is 13.2 Å². The molecule has 0 aliphatic carbocycles. The zero-order chi connectivity index (χ0) is 13.6. The summed E-state index contributed by atoms with van der Waals surface area (Å²) in [6.07, 6.45) is 1.09. The fourth-order valence-corrected chi connectivity index (χ4v) is 2.17. The topological polar surface area (TPSA) is 84.5 Å². The minimum atomic E-state index is -3.37. The highest BCUT2D eigenvalue weighted by Crippen LogP contribution is 2.20. The lowest BCUT2D eigenvalue weighted by atomic mass is 10.3. The first-order valence-electron chi connectivity index (χ1n) is 5.28. The predicted molar refractivity (Wildman–Crippen MR) is 68.4 cm³/mol.